The molecule has 24 heavy (non-hydrogen) atoms. The molecule has 0 aliphatic heterocycles. The number of rotatable bonds is 5. The van der Waals surface area contributed by atoms with Gasteiger partial charge >= 0.3 is 0 Å². The van der Waals surface area contributed by atoms with Crippen molar-refractivity contribution in [1.29, 1.82) is 0 Å². The standard InChI is InChI=1S/C16H15N3O4S/c1-11-5-7-14(8-6-11)24-10-15(20)17-18-16(21)12-3-2-4-13(9-12)19(22)23/h2-9H,10H2,1H3,(H,17,20)(H,18,21). The van der Waals surface area contributed by atoms with Crippen molar-refractivity contribution < 1.29 is 14.5 Å². The molecule has 0 bridgehead atoms. The summed E-state index contributed by atoms with van der Waals surface area (Å²) >= 11 is 1.34. The van der Waals surface area contributed by atoms with Gasteiger partial charge in [0.1, 0.15) is 0 Å². The fourth-order valence-electron chi connectivity index (χ4n) is 1.78. The monoisotopic (exact) mass is 345 g/mol. The van der Waals surface area contributed by atoms with Gasteiger partial charge in [-0.25, -0.2) is 0 Å². The summed E-state index contributed by atoms with van der Waals surface area (Å²) in [6.07, 6.45) is 0. The first-order chi connectivity index (χ1) is 11.5. The molecule has 0 atom stereocenters. The van der Waals surface area contributed by atoms with Crippen LogP contribution >= 0.6 is 11.8 Å². The van der Waals surface area contributed by atoms with E-state index in [0.29, 0.717) is 0 Å². The van der Waals surface area contributed by atoms with Gasteiger partial charge in [0.05, 0.1) is 10.7 Å². The molecule has 124 valence electrons. The van der Waals surface area contributed by atoms with Crippen LogP contribution in [0.5, 0.6) is 0 Å². The van der Waals surface area contributed by atoms with Crippen LogP contribution in [-0.4, -0.2) is 22.5 Å². The zero-order valence-electron chi connectivity index (χ0n) is 12.8. The van der Waals surface area contributed by atoms with Crippen LogP contribution in [0.2, 0.25) is 0 Å². The van der Waals surface area contributed by atoms with Gasteiger partial charge in [0.2, 0.25) is 5.91 Å². The number of thioether (sulfide) groups is 1. The number of non-ortho nitro benzene ring substituents is 1. The Morgan fingerprint density at radius 1 is 1.12 bits per heavy atom. The van der Waals surface area contributed by atoms with Crippen molar-refractivity contribution in [3.8, 4) is 0 Å². The predicted molar refractivity (Wildman–Crippen MR) is 90.6 cm³/mol. The van der Waals surface area contributed by atoms with Crippen LogP contribution < -0.4 is 10.9 Å². The number of benzene rings is 2. The van der Waals surface area contributed by atoms with Gasteiger partial charge in [-0.1, -0.05) is 23.8 Å². The number of nitro benzene ring substituents is 1. The first-order valence-electron chi connectivity index (χ1n) is 6.99. The first kappa shape index (κ1) is 17.5. The van der Waals surface area contributed by atoms with Crippen molar-refractivity contribution in [2.24, 2.45) is 0 Å². The summed E-state index contributed by atoms with van der Waals surface area (Å²) in [6.45, 7) is 1.98. The molecule has 7 nitrogen and oxygen atoms in total. The van der Waals surface area contributed by atoms with Crippen molar-refractivity contribution in [1.82, 2.24) is 10.9 Å². The largest absolute Gasteiger partial charge is 0.272 e. The van der Waals surface area contributed by atoms with Crippen LogP contribution in [0.1, 0.15) is 15.9 Å². The minimum absolute atomic E-state index is 0.0932. The van der Waals surface area contributed by atoms with Gasteiger partial charge in [0, 0.05) is 22.6 Å². The molecule has 0 aromatic heterocycles. The Morgan fingerprint density at radius 3 is 2.50 bits per heavy atom. The van der Waals surface area contributed by atoms with E-state index in [0.717, 1.165) is 16.5 Å². The molecule has 0 saturated carbocycles. The third-order valence-electron chi connectivity index (χ3n) is 3.03. The highest BCUT2D eigenvalue weighted by Gasteiger charge is 2.12. The highest BCUT2D eigenvalue weighted by atomic mass is 32.2. The van der Waals surface area contributed by atoms with E-state index >= 15 is 0 Å². The van der Waals surface area contributed by atoms with Crippen molar-refractivity contribution in [3.63, 3.8) is 0 Å². The summed E-state index contributed by atoms with van der Waals surface area (Å²) < 4.78 is 0. The van der Waals surface area contributed by atoms with Gasteiger partial charge in [-0.2, -0.15) is 0 Å². The maximum Gasteiger partial charge on any atom is 0.270 e. The second-order valence-electron chi connectivity index (χ2n) is 4.91. The summed E-state index contributed by atoms with van der Waals surface area (Å²) in [4.78, 5) is 34.7. The predicted octanol–water partition coefficient (Wildman–Crippen LogP) is 2.46. The molecule has 0 heterocycles. The van der Waals surface area contributed by atoms with Crippen LogP contribution in [0.3, 0.4) is 0 Å². The summed E-state index contributed by atoms with van der Waals surface area (Å²) in [6, 6.07) is 13.0. The van der Waals surface area contributed by atoms with E-state index in [9.17, 15) is 19.7 Å². The molecule has 0 fully saturated rings. The topological polar surface area (TPSA) is 101 Å². The number of nitro groups is 1. The average molecular weight is 345 g/mol. The Balaban J connectivity index is 1.82. The minimum Gasteiger partial charge on any atom is -0.272 e. The second kappa shape index (κ2) is 8.11. The lowest BCUT2D eigenvalue weighted by Crippen LogP contribution is -2.42. The molecule has 2 aromatic carbocycles. The number of carbonyl (C=O) groups excluding carboxylic acids is 2. The number of amides is 2. The lowest BCUT2D eigenvalue weighted by Gasteiger charge is -2.07. The number of hydrazine groups is 1. The van der Waals surface area contributed by atoms with Crippen LogP contribution in [0, 0.1) is 17.0 Å². The van der Waals surface area contributed by atoms with Gasteiger partial charge in [0.25, 0.3) is 11.6 Å². The number of aryl methyl sites for hydroxylation is 1. The van der Waals surface area contributed by atoms with E-state index in [4.69, 9.17) is 0 Å². The molecule has 0 unspecified atom stereocenters. The fourth-order valence-corrected chi connectivity index (χ4v) is 2.48. The Morgan fingerprint density at radius 2 is 1.83 bits per heavy atom. The fraction of sp³-hybridized carbons (Fsp3) is 0.125. The number of hydrogen-bond acceptors (Lipinski definition) is 5. The van der Waals surface area contributed by atoms with Gasteiger partial charge in [-0.05, 0) is 25.1 Å². The van der Waals surface area contributed by atoms with E-state index < -0.39 is 10.8 Å². The number of carbonyl (C=O) groups is 2. The quantitative estimate of drug-likeness (QED) is 0.492. The minimum atomic E-state index is -0.618. The number of nitrogens with one attached hydrogen (secondary N) is 2. The molecule has 8 heteroatoms. The Bertz CT molecular complexity index is 762. The molecule has 0 spiro atoms. The maximum atomic E-state index is 11.9. The molecular formula is C16H15N3O4S. The van der Waals surface area contributed by atoms with E-state index in [1.165, 1.54) is 30.0 Å². The summed E-state index contributed by atoms with van der Waals surface area (Å²) in [5, 5.41) is 10.7. The first-order valence-corrected chi connectivity index (χ1v) is 7.97. The molecular weight excluding hydrogens is 330 g/mol. The zero-order chi connectivity index (χ0) is 17.5. The summed E-state index contributed by atoms with van der Waals surface area (Å²) in [5.41, 5.74) is 5.55. The Labute approximate surface area is 142 Å². The summed E-state index contributed by atoms with van der Waals surface area (Å²) in [5.74, 6) is -0.857. The number of hydrogen-bond donors (Lipinski definition) is 2. The highest BCUT2D eigenvalue weighted by Crippen LogP contribution is 2.17. The molecule has 2 amide bonds. The van der Waals surface area contributed by atoms with Crippen molar-refractivity contribution >= 4 is 29.3 Å². The van der Waals surface area contributed by atoms with Crippen LogP contribution in [0.25, 0.3) is 0 Å². The van der Waals surface area contributed by atoms with Crippen molar-refractivity contribution in [2.45, 2.75) is 11.8 Å². The molecule has 0 radical (unpaired) electrons. The van der Waals surface area contributed by atoms with E-state index in [-0.39, 0.29) is 22.9 Å². The van der Waals surface area contributed by atoms with Crippen LogP contribution in [0.15, 0.2) is 53.4 Å². The average Bonchev–Trinajstić information content (AvgIpc) is 2.59. The SMILES string of the molecule is Cc1ccc(SCC(=O)NNC(=O)c2cccc([N+](=O)[O-])c2)cc1. The van der Waals surface area contributed by atoms with Gasteiger partial charge in [-0.15, -0.1) is 11.8 Å². The molecule has 0 aliphatic rings. The lowest BCUT2D eigenvalue weighted by molar-refractivity contribution is -0.384. The molecule has 2 N–H and O–H groups in total. The third-order valence-corrected chi connectivity index (χ3v) is 4.04. The smallest absolute Gasteiger partial charge is 0.270 e. The lowest BCUT2D eigenvalue weighted by atomic mass is 10.2. The maximum absolute atomic E-state index is 11.9. The normalized spacial score (nSPS) is 10.0. The highest BCUT2D eigenvalue weighted by molar-refractivity contribution is 8.00. The van der Waals surface area contributed by atoms with E-state index in [1.807, 2.05) is 31.2 Å². The Hall–Kier alpha value is -2.87. The van der Waals surface area contributed by atoms with Crippen LogP contribution in [0.4, 0.5) is 5.69 Å². The van der Waals surface area contributed by atoms with Crippen LogP contribution in [-0.2, 0) is 4.79 Å². The van der Waals surface area contributed by atoms with Crippen molar-refractivity contribution in [3.05, 3.63) is 69.8 Å². The third kappa shape index (κ3) is 5.10. The molecule has 2 aromatic rings. The molecule has 2 rings (SSSR count). The Kier molecular flexibility index (Phi) is 5.91. The molecule has 0 aliphatic carbocycles. The van der Waals surface area contributed by atoms with Gasteiger partial charge in [-0.3, -0.25) is 30.6 Å². The second-order valence-corrected chi connectivity index (χ2v) is 5.96. The van der Waals surface area contributed by atoms with E-state index in [1.54, 1.807) is 0 Å². The van der Waals surface area contributed by atoms with Crippen molar-refractivity contribution in [2.75, 3.05) is 5.75 Å². The zero-order valence-corrected chi connectivity index (χ0v) is 13.6. The molecule has 0 saturated heterocycles. The number of nitrogens with zero attached hydrogens (tertiary/aromatic N) is 1. The van der Waals surface area contributed by atoms with E-state index in [2.05, 4.69) is 10.9 Å². The van der Waals surface area contributed by atoms with Gasteiger partial charge in [0.15, 0.2) is 0 Å². The van der Waals surface area contributed by atoms with Gasteiger partial charge < -0.3 is 0 Å². The summed E-state index contributed by atoms with van der Waals surface area (Å²) in [7, 11) is 0.